The number of rotatable bonds is 5. The van der Waals surface area contributed by atoms with Crippen LogP contribution in [0.4, 0.5) is 0 Å². The molecule has 0 aliphatic rings. The van der Waals surface area contributed by atoms with Crippen molar-refractivity contribution in [2.45, 2.75) is 0 Å². The zero-order valence-electron chi connectivity index (χ0n) is 33.4. The number of fused-ring (bicyclic) bond motifs is 10. The fraction of sp³-hybridized carbons (Fsp3) is 0. The summed E-state index contributed by atoms with van der Waals surface area (Å²) in [5.74, 6) is 1.91. The van der Waals surface area contributed by atoms with Crippen molar-refractivity contribution in [1.82, 2.24) is 24.1 Å². The third-order valence-electron chi connectivity index (χ3n) is 12.5. The zero-order valence-corrected chi connectivity index (χ0v) is 33.4. The molecule has 5 heteroatoms. The Balaban J connectivity index is 1.11. The maximum atomic E-state index is 5.29. The van der Waals surface area contributed by atoms with E-state index in [0.717, 1.165) is 55.1 Å². The number of nitrogens with zero attached hydrogens (tertiary/aromatic N) is 5. The average molecular weight is 790 g/mol. The Bertz CT molecular complexity index is 3910. The summed E-state index contributed by atoms with van der Waals surface area (Å²) >= 11 is 0. The molecule has 5 nitrogen and oxygen atoms in total. The minimum atomic E-state index is 0.631. The predicted molar refractivity (Wildman–Crippen MR) is 257 cm³/mol. The van der Waals surface area contributed by atoms with Gasteiger partial charge in [0.15, 0.2) is 17.5 Å². The smallest absolute Gasteiger partial charge is 0.164 e. The van der Waals surface area contributed by atoms with E-state index in [4.69, 9.17) is 15.0 Å². The van der Waals surface area contributed by atoms with Crippen LogP contribution in [0.1, 0.15) is 0 Å². The van der Waals surface area contributed by atoms with Crippen molar-refractivity contribution in [3.8, 4) is 45.5 Å². The van der Waals surface area contributed by atoms with Crippen LogP contribution in [0.2, 0.25) is 0 Å². The number of aromatic nitrogens is 5. The lowest BCUT2D eigenvalue weighted by Crippen LogP contribution is -2.02. The molecule has 62 heavy (non-hydrogen) atoms. The molecule has 3 aromatic heterocycles. The van der Waals surface area contributed by atoms with Crippen LogP contribution in [-0.4, -0.2) is 24.1 Å². The van der Waals surface area contributed by atoms with E-state index in [1.54, 1.807) is 0 Å². The van der Waals surface area contributed by atoms with E-state index < -0.39 is 0 Å². The summed E-state index contributed by atoms with van der Waals surface area (Å²) in [6.07, 6.45) is 0. The van der Waals surface area contributed by atoms with Gasteiger partial charge in [0, 0.05) is 54.7 Å². The molecule has 0 saturated carbocycles. The van der Waals surface area contributed by atoms with Crippen LogP contribution < -0.4 is 0 Å². The molecule has 0 N–H and O–H groups in total. The summed E-state index contributed by atoms with van der Waals surface area (Å²) in [4.78, 5) is 15.6. The highest BCUT2D eigenvalue weighted by Crippen LogP contribution is 2.44. The van der Waals surface area contributed by atoms with Crippen molar-refractivity contribution in [3.63, 3.8) is 0 Å². The molecule has 0 aliphatic carbocycles. The Morgan fingerprint density at radius 3 is 1.65 bits per heavy atom. The predicted octanol–water partition coefficient (Wildman–Crippen LogP) is 14.5. The quantitative estimate of drug-likeness (QED) is 0.174. The Morgan fingerprint density at radius 2 is 0.855 bits per heavy atom. The normalized spacial score (nSPS) is 11.9. The lowest BCUT2D eigenvalue weighted by molar-refractivity contribution is 1.08. The first-order chi connectivity index (χ1) is 30.8. The summed E-state index contributed by atoms with van der Waals surface area (Å²) in [5.41, 5.74) is 9.77. The van der Waals surface area contributed by atoms with Crippen LogP contribution in [0.25, 0.3) is 121 Å². The summed E-state index contributed by atoms with van der Waals surface area (Å²) in [6, 6.07) is 75.7. The van der Waals surface area contributed by atoms with E-state index in [9.17, 15) is 0 Å². The molecule has 0 radical (unpaired) electrons. The van der Waals surface area contributed by atoms with Gasteiger partial charge in [-0.2, -0.15) is 0 Å². The van der Waals surface area contributed by atoms with Crippen molar-refractivity contribution >= 4 is 75.9 Å². The second-order valence-corrected chi connectivity index (χ2v) is 16.0. The van der Waals surface area contributed by atoms with Crippen LogP contribution in [-0.2, 0) is 0 Å². The zero-order chi connectivity index (χ0) is 40.7. The fourth-order valence-corrected chi connectivity index (χ4v) is 9.77. The molecule has 288 valence electrons. The highest BCUT2D eigenvalue weighted by molar-refractivity contribution is 6.24. The van der Waals surface area contributed by atoms with Gasteiger partial charge in [-0.3, -0.25) is 0 Å². The maximum absolute atomic E-state index is 5.29. The minimum absolute atomic E-state index is 0.631. The molecule has 0 fully saturated rings. The van der Waals surface area contributed by atoms with Crippen molar-refractivity contribution in [2.24, 2.45) is 0 Å². The molecule has 0 spiro atoms. The Labute approximate surface area is 356 Å². The lowest BCUT2D eigenvalue weighted by atomic mass is 10.0. The SMILES string of the molecule is c1ccc(-c2nc(-c3cccc4ccccc34)nc(-c3ccc(-n4c5cc6c(cc5c5ccc7ccccc7c54)c4ccccc4n6-c4ccccc4)c4ccccc34)n2)cc1. The molecule has 10 aromatic carbocycles. The molecule has 0 bridgehead atoms. The van der Waals surface area contributed by atoms with Crippen LogP contribution in [0.3, 0.4) is 0 Å². The van der Waals surface area contributed by atoms with Gasteiger partial charge in [-0.05, 0) is 64.0 Å². The Kier molecular flexibility index (Phi) is 7.54. The van der Waals surface area contributed by atoms with E-state index in [1.165, 1.54) is 48.9 Å². The van der Waals surface area contributed by atoms with Gasteiger partial charge >= 0.3 is 0 Å². The second kappa shape index (κ2) is 13.6. The van der Waals surface area contributed by atoms with Crippen molar-refractivity contribution in [1.29, 1.82) is 0 Å². The molecule has 0 unspecified atom stereocenters. The summed E-state index contributed by atoms with van der Waals surface area (Å²) in [6.45, 7) is 0. The average Bonchev–Trinajstić information content (AvgIpc) is 3.85. The first-order valence-electron chi connectivity index (χ1n) is 21.0. The van der Waals surface area contributed by atoms with E-state index in [2.05, 4.69) is 203 Å². The van der Waals surface area contributed by atoms with Crippen LogP contribution >= 0.6 is 0 Å². The van der Waals surface area contributed by atoms with E-state index in [0.29, 0.717) is 17.5 Å². The molecular formula is C57H35N5. The van der Waals surface area contributed by atoms with Crippen molar-refractivity contribution in [3.05, 3.63) is 212 Å². The first-order valence-corrected chi connectivity index (χ1v) is 21.0. The summed E-state index contributed by atoms with van der Waals surface area (Å²) < 4.78 is 4.90. The van der Waals surface area contributed by atoms with Gasteiger partial charge in [-0.1, -0.05) is 170 Å². The highest BCUT2D eigenvalue weighted by atomic mass is 15.0. The first kappa shape index (κ1) is 34.5. The monoisotopic (exact) mass is 789 g/mol. The summed E-state index contributed by atoms with van der Waals surface area (Å²) in [7, 11) is 0. The number of benzene rings is 10. The van der Waals surface area contributed by atoms with Gasteiger partial charge in [-0.25, -0.2) is 15.0 Å². The van der Waals surface area contributed by atoms with Gasteiger partial charge in [0.05, 0.1) is 27.8 Å². The number of hydrogen-bond donors (Lipinski definition) is 0. The lowest BCUT2D eigenvalue weighted by Gasteiger charge is -2.16. The van der Waals surface area contributed by atoms with Gasteiger partial charge in [0.25, 0.3) is 0 Å². The third kappa shape index (κ3) is 5.18. The van der Waals surface area contributed by atoms with E-state index >= 15 is 0 Å². The van der Waals surface area contributed by atoms with Crippen molar-refractivity contribution in [2.75, 3.05) is 0 Å². The van der Waals surface area contributed by atoms with Gasteiger partial charge in [0.2, 0.25) is 0 Å². The Hall–Kier alpha value is -8.41. The van der Waals surface area contributed by atoms with Crippen LogP contribution in [0.5, 0.6) is 0 Å². The third-order valence-corrected chi connectivity index (χ3v) is 12.5. The number of para-hydroxylation sites is 2. The van der Waals surface area contributed by atoms with Gasteiger partial charge < -0.3 is 9.13 Å². The standard InChI is InChI=1S/C57H35N5/c1-3-18-38(19-4-1)55-58-56(46-28-15-20-36-16-7-9-23-40(36)46)60-57(59-55)47-32-33-51(43-26-12-11-25-42(43)47)62-53-35-52-48(34-49(53)45-31-30-37-17-8-10-24-41(37)54(45)62)44-27-13-14-29-50(44)61(52)39-21-5-2-6-22-39/h1-35H. The van der Waals surface area contributed by atoms with Crippen LogP contribution in [0.15, 0.2) is 212 Å². The molecule has 0 saturated heterocycles. The molecular weight excluding hydrogens is 755 g/mol. The topological polar surface area (TPSA) is 48.5 Å². The molecule has 0 atom stereocenters. The summed E-state index contributed by atoms with van der Waals surface area (Å²) in [5, 5.41) is 11.7. The second-order valence-electron chi connectivity index (χ2n) is 16.0. The highest BCUT2D eigenvalue weighted by Gasteiger charge is 2.23. The van der Waals surface area contributed by atoms with Crippen molar-refractivity contribution < 1.29 is 0 Å². The van der Waals surface area contributed by atoms with E-state index in [1.807, 2.05) is 18.2 Å². The van der Waals surface area contributed by atoms with Gasteiger partial charge in [0.1, 0.15) is 0 Å². The fourth-order valence-electron chi connectivity index (χ4n) is 9.77. The molecule has 0 aliphatic heterocycles. The Morgan fingerprint density at radius 1 is 0.290 bits per heavy atom. The van der Waals surface area contributed by atoms with Crippen LogP contribution in [0, 0.1) is 0 Å². The van der Waals surface area contributed by atoms with Gasteiger partial charge in [-0.15, -0.1) is 0 Å². The number of hydrogen-bond acceptors (Lipinski definition) is 3. The largest absolute Gasteiger partial charge is 0.309 e. The molecule has 3 heterocycles. The molecule has 13 rings (SSSR count). The molecule has 0 amide bonds. The maximum Gasteiger partial charge on any atom is 0.164 e. The van der Waals surface area contributed by atoms with E-state index in [-0.39, 0.29) is 0 Å². The minimum Gasteiger partial charge on any atom is -0.309 e. The molecule has 13 aromatic rings.